The van der Waals surface area contributed by atoms with Crippen molar-refractivity contribution in [2.45, 2.75) is 19.7 Å². The molecule has 0 atom stereocenters. The van der Waals surface area contributed by atoms with Gasteiger partial charge in [-0.15, -0.1) is 0 Å². The third-order valence-corrected chi connectivity index (χ3v) is 2.75. The summed E-state index contributed by atoms with van der Waals surface area (Å²) in [6.07, 6.45) is 1.59. The van der Waals surface area contributed by atoms with Crippen LogP contribution in [0.25, 0.3) is 0 Å². The molecule has 1 aromatic rings. The van der Waals surface area contributed by atoms with Gasteiger partial charge in [-0.3, -0.25) is 0 Å². The summed E-state index contributed by atoms with van der Waals surface area (Å²) in [5.41, 5.74) is 2.40. The number of aryl methyl sites for hydroxylation is 1. The monoisotopic (exact) mass is 240 g/mol. The molecule has 1 aliphatic heterocycles. The largest absolute Gasteiger partial charge is 0.536 e. The van der Waals surface area contributed by atoms with Crippen LogP contribution in [-0.4, -0.2) is 12.1 Å². The van der Waals surface area contributed by atoms with E-state index in [1.54, 1.807) is 0 Å². The van der Waals surface area contributed by atoms with Crippen molar-refractivity contribution in [3.8, 4) is 5.75 Å². The van der Waals surface area contributed by atoms with Crippen molar-refractivity contribution in [2.75, 3.05) is 0 Å². The van der Waals surface area contributed by atoms with Crippen LogP contribution in [0.2, 0.25) is 0 Å². The second-order valence-electron chi connectivity index (χ2n) is 3.17. The topological polar surface area (TPSA) is 29.5 Å². The highest BCUT2D eigenvalue weighted by atomic mass is 79.9. The number of rotatable bonds is 1. The summed E-state index contributed by atoms with van der Waals surface area (Å²) in [6, 6.07) is 3.99. The van der Waals surface area contributed by atoms with E-state index in [9.17, 15) is 5.02 Å². The van der Waals surface area contributed by atoms with Gasteiger partial charge in [0.25, 0.3) is 0 Å². The lowest BCUT2D eigenvalue weighted by atomic mass is 9.83. The number of hydrogen-bond donors (Lipinski definition) is 1. The lowest BCUT2D eigenvalue weighted by molar-refractivity contribution is 0.431. The Morgan fingerprint density at radius 1 is 1.62 bits per heavy atom. The van der Waals surface area contributed by atoms with Crippen molar-refractivity contribution >= 4 is 23.0 Å². The molecular weight excluding hydrogens is 231 g/mol. The molecule has 1 aliphatic rings. The standard InChI is InChI=1S/C9H10BBrO2/c1-2-6-3-7(11)4-9-8(6)5-10(12)13-9/h3-4,12H,2,5H2,1H3. The average molecular weight is 241 g/mol. The van der Waals surface area contributed by atoms with E-state index in [1.165, 1.54) is 5.56 Å². The second-order valence-corrected chi connectivity index (χ2v) is 4.09. The molecule has 1 aromatic carbocycles. The molecule has 0 aliphatic carbocycles. The molecule has 0 spiro atoms. The maximum atomic E-state index is 9.32. The van der Waals surface area contributed by atoms with E-state index in [0.717, 1.165) is 22.2 Å². The zero-order chi connectivity index (χ0) is 9.42. The van der Waals surface area contributed by atoms with Crippen molar-refractivity contribution < 1.29 is 9.68 Å². The van der Waals surface area contributed by atoms with E-state index in [0.29, 0.717) is 6.32 Å². The predicted octanol–water partition coefficient (Wildman–Crippen LogP) is 1.97. The van der Waals surface area contributed by atoms with Crippen molar-refractivity contribution in [1.29, 1.82) is 0 Å². The highest BCUT2D eigenvalue weighted by Crippen LogP contribution is 2.33. The fraction of sp³-hybridized carbons (Fsp3) is 0.333. The minimum atomic E-state index is -0.658. The maximum absolute atomic E-state index is 9.32. The van der Waals surface area contributed by atoms with E-state index >= 15 is 0 Å². The van der Waals surface area contributed by atoms with Crippen LogP contribution in [0.4, 0.5) is 0 Å². The van der Waals surface area contributed by atoms with Gasteiger partial charge < -0.3 is 9.68 Å². The van der Waals surface area contributed by atoms with Crippen LogP contribution in [-0.2, 0) is 12.7 Å². The molecule has 0 saturated heterocycles. The first kappa shape index (κ1) is 9.09. The molecule has 0 amide bonds. The maximum Gasteiger partial charge on any atom is 0.527 e. The van der Waals surface area contributed by atoms with E-state index in [2.05, 4.69) is 28.9 Å². The van der Waals surface area contributed by atoms with Gasteiger partial charge in [0.15, 0.2) is 0 Å². The Labute approximate surface area is 86.2 Å². The number of benzene rings is 1. The Bertz CT molecular complexity index is 341. The third-order valence-electron chi connectivity index (χ3n) is 2.29. The molecule has 0 radical (unpaired) electrons. The van der Waals surface area contributed by atoms with Gasteiger partial charge >= 0.3 is 7.12 Å². The van der Waals surface area contributed by atoms with Crippen LogP contribution in [0.1, 0.15) is 18.1 Å². The van der Waals surface area contributed by atoms with Crippen molar-refractivity contribution in [2.24, 2.45) is 0 Å². The Morgan fingerprint density at radius 3 is 3.08 bits per heavy atom. The number of halogens is 1. The molecule has 2 nitrogen and oxygen atoms in total. The van der Waals surface area contributed by atoms with Gasteiger partial charge in [-0.2, -0.15) is 0 Å². The molecule has 0 unspecified atom stereocenters. The fourth-order valence-corrected chi connectivity index (χ4v) is 2.17. The van der Waals surface area contributed by atoms with Gasteiger partial charge in [0.1, 0.15) is 5.75 Å². The Balaban J connectivity index is 2.50. The summed E-state index contributed by atoms with van der Waals surface area (Å²) in [5, 5.41) is 9.32. The molecule has 2 rings (SSSR count). The molecular formula is C9H10BBrO2. The average Bonchev–Trinajstić information content (AvgIpc) is 2.43. The Hall–Kier alpha value is -0.475. The zero-order valence-electron chi connectivity index (χ0n) is 7.38. The Kier molecular flexibility index (Phi) is 2.34. The fourth-order valence-electron chi connectivity index (χ4n) is 1.68. The van der Waals surface area contributed by atoms with Crippen LogP contribution in [0.15, 0.2) is 16.6 Å². The number of hydrogen-bond acceptors (Lipinski definition) is 2. The first-order chi connectivity index (χ1) is 6.20. The minimum Gasteiger partial charge on any atom is -0.536 e. The molecule has 4 heteroatoms. The molecule has 1 heterocycles. The lowest BCUT2D eigenvalue weighted by Crippen LogP contribution is -2.17. The van der Waals surface area contributed by atoms with Gasteiger partial charge in [-0.1, -0.05) is 22.9 Å². The molecule has 0 bridgehead atoms. The van der Waals surface area contributed by atoms with E-state index in [1.807, 2.05) is 6.07 Å². The summed E-state index contributed by atoms with van der Waals surface area (Å²) < 4.78 is 6.27. The first-order valence-corrected chi connectivity index (χ1v) is 5.16. The quantitative estimate of drug-likeness (QED) is 0.761. The molecule has 68 valence electrons. The van der Waals surface area contributed by atoms with Crippen molar-refractivity contribution in [3.63, 3.8) is 0 Å². The van der Waals surface area contributed by atoms with E-state index in [4.69, 9.17) is 4.65 Å². The van der Waals surface area contributed by atoms with Gasteiger partial charge in [-0.05, 0) is 29.7 Å². The molecule has 0 fully saturated rings. The summed E-state index contributed by atoms with van der Waals surface area (Å²) in [5.74, 6) is 0.818. The van der Waals surface area contributed by atoms with Crippen LogP contribution in [0.3, 0.4) is 0 Å². The highest BCUT2D eigenvalue weighted by molar-refractivity contribution is 9.10. The van der Waals surface area contributed by atoms with Gasteiger partial charge in [0.05, 0.1) is 0 Å². The van der Waals surface area contributed by atoms with E-state index < -0.39 is 7.12 Å². The SMILES string of the molecule is CCc1cc(Br)cc2c1CB(O)O2. The molecule has 0 aromatic heterocycles. The molecule has 0 saturated carbocycles. The normalized spacial score (nSPS) is 14.2. The zero-order valence-corrected chi connectivity index (χ0v) is 8.97. The summed E-state index contributed by atoms with van der Waals surface area (Å²) in [7, 11) is -0.658. The molecule has 1 N–H and O–H groups in total. The smallest absolute Gasteiger partial charge is 0.527 e. The predicted molar refractivity (Wildman–Crippen MR) is 55.8 cm³/mol. The first-order valence-electron chi connectivity index (χ1n) is 4.36. The van der Waals surface area contributed by atoms with Crippen LogP contribution in [0, 0.1) is 0 Å². The highest BCUT2D eigenvalue weighted by Gasteiger charge is 2.28. The molecule has 13 heavy (non-hydrogen) atoms. The van der Waals surface area contributed by atoms with Gasteiger partial charge in [-0.25, -0.2) is 0 Å². The number of fused-ring (bicyclic) bond motifs is 1. The summed E-state index contributed by atoms with van der Waals surface area (Å²) in [6.45, 7) is 2.10. The van der Waals surface area contributed by atoms with Gasteiger partial charge in [0, 0.05) is 10.8 Å². The lowest BCUT2D eigenvalue weighted by Gasteiger charge is -2.05. The van der Waals surface area contributed by atoms with Crippen molar-refractivity contribution in [1.82, 2.24) is 0 Å². The summed E-state index contributed by atoms with van der Waals surface area (Å²) >= 11 is 3.41. The van der Waals surface area contributed by atoms with Crippen molar-refractivity contribution in [3.05, 3.63) is 27.7 Å². The van der Waals surface area contributed by atoms with Gasteiger partial charge in [0.2, 0.25) is 0 Å². The van der Waals surface area contributed by atoms with Crippen LogP contribution in [0.5, 0.6) is 5.75 Å². The second kappa shape index (κ2) is 3.35. The minimum absolute atomic E-state index is 0.617. The Morgan fingerprint density at radius 2 is 2.38 bits per heavy atom. The summed E-state index contributed by atoms with van der Waals surface area (Å²) in [4.78, 5) is 0. The van der Waals surface area contributed by atoms with E-state index in [-0.39, 0.29) is 0 Å². The van der Waals surface area contributed by atoms with Crippen LogP contribution < -0.4 is 4.65 Å². The van der Waals surface area contributed by atoms with Crippen LogP contribution >= 0.6 is 15.9 Å². The third kappa shape index (κ3) is 1.60.